The molecule has 0 unspecified atom stereocenters. The third-order valence-electron chi connectivity index (χ3n) is 6.91. The highest BCUT2D eigenvalue weighted by molar-refractivity contribution is 9.10. The van der Waals surface area contributed by atoms with E-state index < -0.39 is 12.0 Å². The number of nitrogens with zero attached hydrogens (tertiary/aromatic N) is 2. The standard InChI is InChI=1S/C33H30BrFN2O5S/c1-4-8-26-29(32(39)41-5-2)30(24-18-22(34)13-16-27(24)40-3)37-31(38)28(43-33(37)36-26)17-20-11-14-23(15-12-20)42-19-21-9-6-7-10-25(21)35/h6-7,9-18,30H,4-5,8,19H2,1-3H3/b28-17+/t30-/m1/s1. The molecule has 0 aliphatic carbocycles. The first kappa shape index (κ1) is 30.4. The molecule has 0 N–H and O–H groups in total. The van der Waals surface area contributed by atoms with Gasteiger partial charge in [-0.2, -0.15) is 0 Å². The van der Waals surface area contributed by atoms with Crippen LogP contribution in [0.4, 0.5) is 4.39 Å². The molecular formula is C33H30BrFN2O5S. The van der Waals surface area contributed by atoms with E-state index in [0.29, 0.717) is 49.7 Å². The molecule has 10 heteroatoms. The van der Waals surface area contributed by atoms with Crippen molar-refractivity contribution >= 4 is 39.3 Å². The lowest BCUT2D eigenvalue weighted by molar-refractivity contribution is -0.139. The van der Waals surface area contributed by atoms with Crippen molar-refractivity contribution < 1.29 is 23.4 Å². The topological polar surface area (TPSA) is 79.1 Å². The van der Waals surface area contributed by atoms with E-state index in [9.17, 15) is 14.0 Å². The molecule has 1 aliphatic heterocycles. The highest BCUT2D eigenvalue weighted by Crippen LogP contribution is 2.38. The Labute approximate surface area is 260 Å². The number of allylic oxidation sites excluding steroid dienone is 1. The Balaban J connectivity index is 1.58. The Kier molecular flexibility index (Phi) is 9.57. The van der Waals surface area contributed by atoms with E-state index in [4.69, 9.17) is 19.2 Å². The summed E-state index contributed by atoms with van der Waals surface area (Å²) in [4.78, 5) is 32.7. The molecule has 7 nitrogen and oxygen atoms in total. The van der Waals surface area contributed by atoms with Crippen LogP contribution in [0.15, 0.2) is 92.3 Å². The first-order valence-electron chi connectivity index (χ1n) is 13.9. The molecule has 0 radical (unpaired) electrons. The molecule has 0 fully saturated rings. The van der Waals surface area contributed by atoms with Gasteiger partial charge in [-0.25, -0.2) is 14.2 Å². The molecule has 0 saturated carbocycles. The summed E-state index contributed by atoms with van der Waals surface area (Å²) in [5.74, 6) is 0.281. The van der Waals surface area contributed by atoms with E-state index >= 15 is 0 Å². The maximum absolute atomic E-state index is 14.0. The van der Waals surface area contributed by atoms with Gasteiger partial charge in [0.05, 0.1) is 29.5 Å². The number of methoxy groups -OCH3 is 1. The number of fused-ring (bicyclic) bond motifs is 1. The molecule has 0 saturated heterocycles. The van der Waals surface area contributed by atoms with Crippen LogP contribution in [0, 0.1) is 5.82 Å². The van der Waals surface area contributed by atoms with Crippen LogP contribution in [0.1, 0.15) is 49.4 Å². The minimum Gasteiger partial charge on any atom is -0.496 e. The summed E-state index contributed by atoms with van der Waals surface area (Å²) in [7, 11) is 1.56. The van der Waals surface area contributed by atoms with Crippen molar-refractivity contribution in [1.82, 2.24) is 4.57 Å². The van der Waals surface area contributed by atoms with Crippen LogP contribution < -0.4 is 24.4 Å². The van der Waals surface area contributed by atoms with Crippen molar-refractivity contribution in [1.29, 1.82) is 0 Å². The van der Waals surface area contributed by atoms with E-state index in [1.54, 1.807) is 61.1 Å². The molecule has 2 heterocycles. The zero-order valence-corrected chi connectivity index (χ0v) is 26.3. The molecule has 5 rings (SSSR count). The largest absolute Gasteiger partial charge is 0.496 e. The molecular weight excluding hydrogens is 635 g/mol. The molecule has 3 aromatic carbocycles. The Morgan fingerprint density at radius 2 is 1.88 bits per heavy atom. The van der Waals surface area contributed by atoms with Crippen molar-refractivity contribution in [3.8, 4) is 11.5 Å². The van der Waals surface area contributed by atoms with E-state index in [-0.39, 0.29) is 24.6 Å². The zero-order chi connectivity index (χ0) is 30.5. The summed E-state index contributed by atoms with van der Waals surface area (Å²) in [6.45, 7) is 4.05. The first-order chi connectivity index (χ1) is 20.8. The molecule has 1 aliphatic rings. The van der Waals surface area contributed by atoms with Gasteiger partial charge in [0.25, 0.3) is 5.56 Å². The highest BCUT2D eigenvalue weighted by atomic mass is 79.9. The summed E-state index contributed by atoms with van der Waals surface area (Å²) in [6.07, 6.45) is 3.08. The SMILES string of the molecule is CCCC1=C(C(=O)OCC)[C@@H](c2cc(Br)ccc2OC)n2c(s/c(=C/c3ccc(OCc4ccccc4F)cc3)c2=O)=N1. The van der Waals surface area contributed by atoms with Gasteiger partial charge in [0.15, 0.2) is 4.80 Å². The number of carbonyl (C=O) groups is 1. The van der Waals surface area contributed by atoms with Gasteiger partial charge in [-0.1, -0.05) is 70.9 Å². The lowest BCUT2D eigenvalue weighted by Gasteiger charge is -2.27. The monoisotopic (exact) mass is 664 g/mol. The predicted molar refractivity (Wildman–Crippen MR) is 168 cm³/mol. The third-order valence-corrected chi connectivity index (χ3v) is 8.38. The van der Waals surface area contributed by atoms with E-state index in [1.165, 1.54) is 17.4 Å². The number of hydrogen-bond acceptors (Lipinski definition) is 7. The number of benzene rings is 3. The molecule has 0 bridgehead atoms. The van der Waals surface area contributed by atoms with Gasteiger partial charge in [-0.05, 0) is 61.4 Å². The van der Waals surface area contributed by atoms with E-state index in [2.05, 4.69) is 15.9 Å². The Morgan fingerprint density at radius 3 is 2.58 bits per heavy atom. The van der Waals surface area contributed by atoms with Gasteiger partial charge in [-0.3, -0.25) is 9.36 Å². The number of aromatic nitrogens is 1. The van der Waals surface area contributed by atoms with E-state index in [0.717, 1.165) is 16.5 Å². The molecule has 1 atom stereocenters. The van der Waals surface area contributed by atoms with Crippen LogP contribution in [-0.4, -0.2) is 24.3 Å². The lowest BCUT2D eigenvalue weighted by atomic mass is 9.93. The summed E-state index contributed by atoms with van der Waals surface area (Å²) >= 11 is 4.80. The number of thiazole rings is 1. The van der Waals surface area contributed by atoms with Crippen LogP contribution in [0.2, 0.25) is 0 Å². The highest BCUT2D eigenvalue weighted by Gasteiger charge is 2.36. The Morgan fingerprint density at radius 1 is 1.12 bits per heavy atom. The Hall–Kier alpha value is -4.02. The predicted octanol–water partition coefficient (Wildman–Crippen LogP) is 6.07. The van der Waals surface area contributed by atoms with Gasteiger partial charge in [-0.15, -0.1) is 0 Å². The molecule has 0 amide bonds. The van der Waals surface area contributed by atoms with Crippen LogP contribution >= 0.6 is 27.3 Å². The van der Waals surface area contributed by atoms with Gasteiger partial charge >= 0.3 is 5.97 Å². The van der Waals surface area contributed by atoms with Crippen LogP contribution in [0.5, 0.6) is 11.5 Å². The lowest BCUT2D eigenvalue weighted by Crippen LogP contribution is -2.40. The zero-order valence-electron chi connectivity index (χ0n) is 23.9. The Bertz CT molecular complexity index is 1860. The second-order valence-corrected chi connectivity index (χ2v) is 11.7. The fourth-order valence-corrected chi connectivity index (χ4v) is 6.32. The average Bonchev–Trinajstić information content (AvgIpc) is 3.31. The van der Waals surface area contributed by atoms with Crippen molar-refractivity contribution in [3.63, 3.8) is 0 Å². The molecule has 43 heavy (non-hydrogen) atoms. The van der Waals surface area contributed by atoms with Crippen LogP contribution in [-0.2, 0) is 16.1 Å². The summed E-state index contributed by atoms with van der Waals surface area (Å²) in [6, 6.07) is 18.4. The first-order valence-corrected chi connectivity index (χ1v) is 15.5. The molecule has 4 aromatic rings. The van der Waals surface area contributed by atoms with E-state index in [1.807, 2.05) is 31.2 Å². The number of ether oxygens (including phenoxy) is 3. The smallest absolute Gasteiger partial charge is 0.338 e. The van der Waals surface area contributed by atoms with Gasteiger partial charge in [0.2, 0.25) is 0 Å². The number of carbonyl (C=O) groups excluding carboxylic acids is 1. The number of esters is 1. The van der Waals surface area contributed by atoms with Crippen LogP contribution in [0.3, 0.4) is 0 Å². The second-order valence-electron chi connectivity index (χ2n) is 9.75. The van der Waals surface area contributed by atoms with Gasteiger partial charge in [0.1, 0.15) is 30.0 Å². The molecule has 222 valence electrons. The fraction of sp³-hybridized carbons (Fsp3) is 0.242. The minimum atomic E-state index is -0.791. The van der Waals surface area contributed by atoms with Crippen molar-refractivity contribution in [2.75, 3.05) is 13.7 Å². The summed E-state index contributed by atoms with van der Waals surface area (Å²) < 4.78 is 33.6. The second kappa shape index (κ2) is 13.5. The number of rotatable bonds is 10. The maximum Gasteiger partial charge on any atom is 0.338 e. The van der Waals surface area contributed by atoms with Crippen LogP contribution in [0.25, 0.3) is 6.08 Å². The van der Waals surface area contributed by atoms with Gasteiger partial charge in [0, 0.05) is 15.6 Å². The van der Waals surface area contributed by atoms with Crippen molar-refractivity contribution in [2.45, 2.75) is 39.3 Å². The van der Waals surface area contributed by atoms with Gasteiger partial charge < -0.3 is 14.2 Å². The summed E-state index contributed by atoms with van der Waals surface area (Å²) in [5.41, 5.74) is 2.53. The number of hydrogen-bond donors (Lipinski definition) is 0. The number of halogens is 2. The minimum absolute atomic E-state index is 0.104. The summed E-state index contributed by atoms with van der Waals surface area (Å²) in [5, 5.41) is 0. The van der Waals surface area contributed by atoms with Crippen molar-refractivity contribution in [2.24, 2.45) is 4.99 Å². The molecule has 0 spiro atoms. The maximum atomic E-state index is 14.0. The average molecular weight is 666 g/mol. The van der Waals surface area contributed by atoms with Crippen molar-refractivity contribution in [3.05, 3.63) is 125 Å². The quantitative estimate of drug-likeness (QED) is 0.192. The normalized spacial score (nSPS) is 14.7. The third kappa shape index (κ3) is 6.50. The fourth-order valence-electron chi connectivity index (χ4n) is 4.92. The molecule has 1 aromatic heterocycles.